The van der Waals surface area contributed by atoms with E-state index < -0.39 is 5.41 Å². The SMILES string of the molecule is NC(CNC(=O)C1(c2cccc(Cl)c2)CCCC1)C1CC1. The normalized spacial score (nSPS) is 22.0. The lowest BCUT2D eigenvalue weighted by Crippen LogP contribution is -2.47. The Labute approximate surface area is 131 Å². The summed E-state index contributed by atoms with van der Waals surface area (Å²) in [6.07, 6.45) is 6.39. The van der Waals surface area contributed by atoms with E-state index in [4.69, 9.17) is 17.3 Å². The van der Waals surface area contributed by atoms with Gasteiger partial charge in [0.05, 0.1) is 5.41 Å². The van der Waals surface area contributed by atoms with Gasteiger partial charge >= 0.3 is 0 Å². The first-order chi connectivity index (χ1) is 10.1. The number of benzene rings is 1. The average molecular weight is 307 g/mol. The number of hydrogen-bond acceptors (Lipinski definition) is 2. The Morgan fingerprint density at radius 1 is 1.38 bits per heavy atom. The Balaban J connectivity index is 1.75. The van der Waals surface area contributed by atoms with Gasteiger partial charge in [-0.2, -0.15) is 0 Å². The maximum Gasteiger partial charge on any atom is 0.230 e. The molecule has 114 valence electrons. The summed E-state index contributed by atoms with van der Waals surface area (Å²) in [7, 11) is 0. The van der Waals surface area contributed by atoms with E-state index in [1.54, 1.807) is 0 Å². The highest BCUT2D eigenvalue weighted by molar-refractivity contribution is 6.30. The fourth-order valence-corrected chi connectivity index (χ4v) is 3.67. The molecule has 2 saturated carbocycles. The van der Waals surface area contributed by atoms with E-state index in [0.29, 0.717) is 17.5 Å². The van der Waals surface area contributed by atoms with Crippen LogP contribution in [0.2, 0.25) is 5.02 Å². The number of hydrogen-bond donors (Lipinski definition) is 2. The third kappa shape index (κ3) is 3.09. The molecule has 3 rings (SSSR count). The minimum Gasteiger partial charge on any atom is -0.354 e. The first kappa shape index (κ1) is 14.9. The van der Waals surface area contributed by atoms with Crippen LogP contribution in [0.25, 0.3) is 0 Å². The molecule has 0 aliphatic heterocycles. The van der Waals surface area contributed by atoms with Gasteiger partial charge in [-0.1, -0.05) is 36.6 Å². The Morgan fingerprint density at radius 3 is 2.71 bits per heavy atom. The third-order valence-electron chi connectivity index (χ3n) is 4.99. The van der Waals surface area contributed by atoms with E-state index in [-0.39, 0.29) is 11.9 Å². The van der Waals surface area contributed by atoms with Crippen LogP contribution in [0.15, 0.2) is 24.3 Å². The van der Waals surface area contributed by atoms with Gasteiger partial charge in [-0.25, -0.2) is 0 Å². The number of carbonyl (C=O) groups excluding carboxylic acids is 1. The molecule has 2 aliphatic rings. The molecule has 2 fully saturated rings. The molecule has 1 atom stereocenters. The predicted octanol–water partition coefficient (Wildman–Crippen LogP) is 3.01. The molecule has 21 heavy (non-hydrogen) atoms. The van der Waals surface area contributed by atoms with Gasteiger partial charge in [-0.3, -0.25) is 4.79 Å². The third-order valence-corrected chi connectivity index (χ3v) is 5.23. The van der Waals surface area contributed by atoms with Crippen molar-refractivity contribution in [2.45, 2.75) is 50.0 Å². The van der Waals surface area contributed by atoms with Crippen molar-refractivity contribution in [2.24, 2.45) is 11.7 Å². The van der Waals surface area contributed by atoms with Crippen LogP contribution in [-0.2, 0) is 10.2 Å². The molecule has 2 aliphatic carbocycles. The first-order valence-corrected chi connectivity index (χ1v) is 8.29. The number of halogens is 1. The Morgan fingerprint density at radius 2 is 2.10 bits per heavy atom. The molecule has 0 heterocycles. The zero-order chi connectivity index (χ0) is 14.9. The van der Waals surface area contributed by atoms with E-state index in [9.17, 15) is 4.79 Å². The van der Waals surface area contributed by atoms with Crippen LogP contribution in [-0.4, -0.2) is 18.5 Å². The minimum atomic E-state index is -0.409. The maximum atomic E-state index is 12.8. The van der Waals surface area contributed by atoms with Crippen molar-refractivity contribution in [2.75, 3.05) is 6.54 Å². The van der Waals surface area contributed by atoms with Gasteiger partial charge in [0.25, 0.3) is 0 Å². The lowest BCUT2D eigenvalue weighted by atomic mass is 9.78. The summed E-state index contributed by atoms with van der Waals surface area (Å²) in [5.74, 6) is 0.731. The predicted molar refractivity (Wildman–Crippen MR) is 85.3 cm³/mol. The zero-order valence-electron chi connectivity index (χ0n) is 12.3. The monoisotopic (exact) mass is 306 g/mol. The molecule has 3 N–H and O–H groups in total. The van der Waals surface area contributed by atoms with E-state index >= 15 is 0 Å². The lowest BCUT2D eigenvalue weighted by Gasteiger charge is -2.29. The second-order valence-electron chi connectivity index (χ2n) is 6.51. The first-order valence-electron chi connectivity index (χ1n) is 7.92. The van der Waals surface area contributed by atoms with Gasteiger partial charge in [0.2, 0.25) is 5.91 Å². The van der Waals surface area contributed by atoms with Crippen molar-refractivity contribution in [1.82, 2.24) is 5.32 Å². The van der Waals surface area contributed by atoms with Crippen LogP contribution in [0.3, 0.4) is 0 Å². The molecular weight excluding hydrogens is 284 g/mol. The van der Waals surface area contributed by atoms with Gasteiger partial charge in [-0.05, 0) is 49.3 Å². The van der Waals surface area contributed by atoms with Crippen LogP contribution in [0.5, 0.6) is 0 Å². The van der Waals surface area contributed by atoms with Crippen molar-refractivity contribution in [3.05, 3.63) is 34.9 Å². The van der Waals surface area contributed by atoms with Gasteiger partial charge in [0.1, 0.15) is 0 Å². The van der Waals surface area contributed by atoms with E-state index in [1.807, 2.05) is 24.3 Å². The molecule has 0 spiro atoms. The highest BCUT2D eigenvalue weighted by atomic mass is 35.5. The summed E-state index contributed by atoms with van der Waals surface area (Å²) in [6.45, 7) is 0.589. The van der Waals surface area contributed by atoms with Crippen LogP contribution < -0.4 is 11.1 Å². The van der Waals surface area contributed by atoms with Crippen LogP contribution in [0, 0.1) is 5.92 Å². The van der Waals surface area contributed by atoms with E-state index in [0.717, 1.165) is 31.2 Å². The Hall–Kier alpha value is -1.06. The van der Waals surface area contributed by atoms with Crippen molar-refractivity contribution >= 4 is 17.5 Å². The number of nitrogens with two attached hydrogens (primary N) is 1. The number of rotatable bonds is 5. The highest BCUT2D eigenvalue weighted by Crippen LogP contribution is 2.42. The second kappa shape index (κ2) is 5.98. The molecule has 0 aromatic heterocycles. The second-order valence-corrected chi connectivity index (χ2v) is 6.95. The number of nitrogens with one attached hydrogen (secondary N) is 1. The maximum absolute atomic E-state index is 12.8. The smallest absolute Gasteiger partial charge is 0.230 e. The molecule has 4 heteroatoms. The molecular formula is C17H23ClN2O. The molecule has 1 aromatic rings. The van der Waals surface area contributed by atoms with E-state index in [1.165, 1.54) is 12.8 Å². The number of amides is 1. The van der Waals surface area contributed by atoms with Crippen molar-refractivity contribution in [3.8, 4) is 0 Å². The van der Waals surface area contributed by atoms with Crippen molar-refractivity contribution < 1.29 is 4.79 Å². The van der Waals surface area contributed by atoms with Gasteiger partial charge in [0.15, 0.2) is 0 Å². The molecule has 0 radical (unpaired) electrons. The molecule has 1 aromatic carbocycles. The van der Waals surface area contributed by atoms with Crippen molar-refractivity contribution in [3.63, 3.8) is 0 Å². The number of carbonyl (C=O) groups is 1. The molecule has 0 saturated heterocycles. The van der Waals surface area contributed by atoms with Crippen LogP contribution >= 0.6 is 11.6 Å². The lowest BCUT2D eigenvalue weighted by molar-refractivity contribution is -0.126. The molecule has 1 unspecified atom stereocenters. The Bertz CT molecular complexity index is 521. The Kier molecular flexibility index (Phi) is 4.23. The van der Waals surface area contributed by atoms with E-state index in [2.05, 4.69) is 5.32 Å². The van der Waals surface area contributed by atoms with Gasteiger partial charge in [0, 0.05) is 17.6 Å². The van der Waals surface area contributed by atoms with Crippen molar-refractivity contribution in [1.29, 1.82) is 0 Å². The summed E-state index contributed by atoms with van der Waals surface area (Å²) < 4.78 is 0. The average Bonchev–Trinajstić information content (AvgIpc) is 3.21. The summed E-state index contributed by atoms with van der Waals surface area (Å²) >= 11 is 6.12. The molecule has 0 bridgehead atoms. The quantitative estimate of drug-likeness (QED) is 0.878. The van der Waals surface area contributed by atoms with Gasteiger partial charge in [-0.15, -0.1) is 0 Å². The van der Waals surface area contributed by atoms with Crippen LogP contribution in [0.4, 0.5) is 0 Å². The van der Waals surface area contributed by atoms with Crippen LogP contribution in [0.1, 0.15) is 44.1 Å². The van der Waals surface area contributed by atoms with Gasteiger partial charge < -0.3 is 11.1 Å². The zero-order valence-corrected chi connectivity index (χ0v) is 13.0. The summed E-state index contributed by atoms with van der Waals surface area (Å²) in [6, 6.07) is 7.85. The minimum absolute atomic E-state index is 0.103. The standard InChI is InChI=1S/C17H23ClN2O/c18-14-5-3-4-13(10-14)17(8-1-2-9-17)16(21)20-11-15(19)12-6-7-12/h3-5,10,12,15H,1-2,6-9,11,19H2,(H,20,21). The molecule has 1 amide bonds. The highest BCUT2D eigenvalue weighted by Gasteiger charge is 2.43. The largest absolute Gasteiger partial charge is 0.354 e. The summed E-state index contributed by atoms with van der Waals surface area (Å²) in [5.41, 5.74) is 6.73. The topological polar surface area (TPSA) is 55.1 Å². The summed E-state index contributed by atoms with van der Waals surface area (Å²) in [5, 5.41) is 3.79. The summed E-state index contributed by atoms with van der Waals surface area (Å²) in [4.78, 5) is 12.8. The fourth-order valence-electron chi connectivity index (χ4n) is 3.48. The molecule has 3 nitrogen and oxygen atoms in total. The fraction of sp³-hybridized carbons (Fsp3) is 0.588.